The molecule has 0 spiro atoms. The van der Waals surface area contributed by atoms with E-state index in [9.17, 15) is 0 Å². The molecule has 0 unspecified atom stereocenters. The maximum atomic E-state index is 6.09. The van der Waals surface area contributed by atoms with Crippen molar-refractivity contribution < 1.29 is 4.74 Å². The van der Waals surface area contributed by atoms with Crippen molar-refractivity contribution in [1.82, 2.24) is 24.5 Å². The maximum Gasteiger partial charge on any atom is 0.222 e. The van der Waals surface area contributed by atoms with Crippen molar-refractivity contribution in [2.45, 2.75) is 44.4 Å². The van der Waals surface area contributed by atoms with Crippen LogP contribution in [0, 0.1) is 0 Å². The second-order valence-corrected chi connectivity index (χ2v) is 9.23. The summed E-state index contributed by atoms with van der Waals surface area (Å²) in [5, 5.41) is 4.55. The van der Waals surface area contributed by atoms with Gasteiger partial charge in [-0.1, -0.05) is 42.5 Å². The number of anilines is 1. The van der Waals surface area contributed by atoms with Gasteiger partial charge in [0.05, 0.1) is 0 Å². The smallest absolute Gasteiger partial charge is 0.222 e. The molecule has 1 fully saturated rings. The Balaban J connectivity index is 1.21. The quantitative estimate of drug-likeness (QED) is 0.307. The zero-order valence-corrected chi connectivity index (χ0v) is 20.0. The second kappa shape index (κ2) is 10.2. The number of ether oxygens (including phenoxy) is 1. The number of nitrogens with one attached hydrogen (secondary N) is 1. The third-order valence-electron chi connectivity index (χ3n) is 6.88. The number of rotatable bonds is 7. The van der Waals surface area contributed by atoms with Crippen molar-refractivity contribution in [3.05, 3.63) is 97.3 Å². The van der Waals surface area contributed by atoms with E-state index in [2.05, 4.69) is 60.3 Å². The van der Waals surface area contributed by atoms with E-state index in [4.69, 9.17) is 4.74 Å². The molecule has 3 heterocycles. The average molecular weight is 477 g/mol. The zero-order valence-electron chi connectivity index (χ0n) is 20.0. The number of nitrogens with zero attached hydrogens (tertiary/aromatic N) is 5. The van der Waals surface area contributed by atoms with Gasteiger partial charge in [-0.2, -0.15) is 0 Å². The number of fused-ring (bicyclic) bond motifs is 1. The van der Waals surface area contributed by atoms with Crippen LogP contribution in [-0.2, 0) is 6.61 Å². The maximum absolute atomic E-state index is 6.09. The lowest BCUT2D eigenvalue weighted by molar-refractivity contribution is 0.306. The van der Waals surface area contributed by atoms with Crippen LogP contribution in [-0.4, -0.2) is 30.5 Å². The number of benzene rings is 2. The molecule has 5 aromatic rings. The summed E-state index contributed by atoms with van der Waals surface area (Å²) in [5.41, 5.74) is 4.37. The van der Waals surface area contributed by atoms with Crippen LogP contribution in [0.2, 0.25) is 0 Å². The Labute approximate surface area is 210 Å². The molecular formula is C29H28N6O. The molecule has 7 heteroatoms. The van der Waals surface area contributed by atoms with Crippen molar-refractivity contribution in [2.24, 2.45) is 0 Å². The van der Waals surface area contributed by atoms with Crippen LogP contribution in [0.25, 0.3) is 22.2 Å². The monoisotopic (exact) mass is 476 g/mol. The lowest BCUT2D eigenvalue weighted by atomic mass is 9.91. The topological polar surface area (TPSA) is 77.8 Å². The Morgan fingerprint density at radius 2 is 1.72 bits per heavy atom. The summed E-state index contributed by atoms with van der Waals surface area (Å²) >= 11 is 0. The van der Waals surface area contributed by atoms with E-state index in [0.29, 0.717) is 24.6 Å². The first kappa shape index (κ1) is 22.2. The first-order valence-electron chi connectivity index (χ1n) is 12.4. The van der Waals surface area contributed by atoms with Gasteiger partial charge in [-0.25, -0.2) is 19.9 Å². The van der Waals surface area contributed by atoms with Gasteiger partial charge in [0.15, 0.2) is 0 Å². The molecular weight excluding hydrogens is 448 g/mol. The molecule has 180 valence electrons. The summed E-state index contributed by atoms with van der Waals surface area (Å²) in [4.78, 5) is 17.6. The molecule has 0 amide bonds. The number of hydrogen-bond acceptors (Lipinski definition) is 6. The van der Waals surface area contributed by atoms with E-state index in [1.807, 2.05) is 42.6 Å². The highest BCUT2D eigenvalue weighted by Gasteiger charge is 2.25. The van der Waals surface area contributed by atoms with Gasteiger partial charge >= 0.3 is 0 Å². The van der Waals surface area contributed by atoms with Crippen LogP contribution in [0.15, 0.2) is 91.8 Å². The van der Waals surface area contributed by atoms with E-state index in [1.165, 1.54) is 0 Å². The molecule has 1 aliphatic carbocycles. The third kappa shape index (κ3) is 4.77. The highest BCUT2D eigenvalue weighted by atomic mass is 16.5. The number of aromatic nitrogens is 5. The zero-order chi connectivity index (χ0) is 24.2. The Morgan fingerprint density at radius 1 is 0.889 bits per heavy atom. The van der Waals surface area contributed by atoms with Crippen LogP contribution in [0.3, 0.4) is 0 Å². The summed E-state index contributed by atoms with van der Waals surface area (Å²) in [6.07, 6.45) is 13.6. The molecule has 1 aliphatic rings. The molecule has 2 aromatic carbocycles. The molecule has 0 aliphatic heterocycles. The Hall–Kier alpha value is -4.26. The molecule has 36 heavy (non-hydrogen) atoms. The SMILES string of the molecule is c1ccc(COc2cccc(-c3cn([C@H]4CC[C@@H](Nc5ncccn5)CC4)c4ncncc34)c2)cc1. The second-order valence-electron chi connectivity index (χ2n) is 9.23. The van der Waals surface area contributed by atoms with Gasteiger partial charge in [-0.3, -0.25) is 0 Å². The summed E-state index contributed by atoms with van der Waals surface area (Å²) < 4.78 is 8.44. The van der Waals surface area contributed by atoms with Crippen molar-refractivity contribution >= 4 is 17.0 Å². The lowest BCUT2D eigenvalue weighted by Gasteiger charge is -2.30. The Morgan fingerprint density at radius 3 is 2.56 bits per heavy atom. The minimum Gasteiger partial charge on any atom is -0.489 e. The summed E-state index contributed by atoms with van der Waals surface area (Å²) in [6, 6.07) is 21.1. The van der Waals surface area contributed by atoms with Crippen LogP contribution >= 0.6 is 0 Å². The predicted octanol–water partition coefficient (Wildman–Crippen LogP) is 6.06. The van der Waals surface area contributed by atoms with Gasteiger partial charge in [0.1, 0.15) is 24.3 Å². The molecule has 0 atom stereocenters. The highest BCUT2D eigenvalue weighted by molar-refractivity contribution is 5.93. The van der Waals surface area contributed by atoms with Crippen LogP contribution in [0.4, 0.5) is 5.95 Å². The largest absolute Gasteiger partial charge is 0.489 e. The van der Waals surface area contributed by atoms with Gasteiger partial charge in [0.25, 0.3) is 0 Å². The van der Waals surface area contributed by atoms with E-state index < -0.39 is 0 Å². The standard InChI is InChI=1S/C29H28N6O/c1-2-6-21(7-3-1)19-36-25-9-4-8-22(16-25)27-18-35(28-26(27)17-30-20-33-28)24-12-10-23(11-13-24)34-29-31-14-5-15-32-29/h1-9,14-18,20,23-24H,10-13,19H2,(H,31,32,34)/t23-,24+. The molecule has 1 saturated carbocycles. The average Bonchev–Trinajstić information content (AvgIpc) is 3.34. The fraction of sp³-hybridized carbons (Fsp3) is 0.241. The molecule has 0 radical (unpaired) electrons. The Bertz CT molecular complexity index is 1430. The first-order chi connectivity index (χ1) is 17.8. The highest BCUT2D eigenvalue weighted by Crippen LogP contribution is 2.37. The van der Waals surface area contributed by atoms with E-state index in [1.54, 1.807) is 18.7 Å². The van der Waals surface area contributed by atoms with Crippen LogP contribution in [0.5, 0.6) is 5.75 Å². The van der Waals surface area contributed by atoms with Crippen molar-refractivity contribution in [2.75, 3.05) is 5.32 Å². The van der Waals surface area contributed by atoms with Gasteiger partial charge in [-0.15, -0.1) is 0 Å². The third-order valence-corrected chi connectivity index (χ3v) is 6.88. The predicted molar refractivity (Wildman–Crippen MR) is 141 cm³/mol. The van der Waals surface area contributed by atoms with Gasteiger partial charge in [-0.05, 0) is 55.0 Å². The number of hydrogen-bond donors (Lipinski definition) is 1. The van der Waals surface area contributed by atoms with Crippen molar-refractivity contribution in [3.8, 4) is 16.9 Å². The van der Waals surface area contributed by atoms with E-state index >= 15 is 0 Å². The summed E-state index contributed by atoms with van der Waals surface area (Å²) in [7, 11) is 0. The minimum absolute atomic E-state index is 0.387. The van der Waals surface area contributed by atoms with E-state index in [-0.39, 0.29) is 0 Å². The van der Waals surface area contributed by atoms with E-state index in [0.717, 1.165) is 59.2 Å². The summed E-state index contributed by atoms with van der Waals surface area (Å²) in [5.74, 6) is 1.56. The lowest BCUT2D eigenvalue weighted by Crippen LogP contribution is -2.28. The fourth-order valence-electron chi connectivity index (χ4n) is 5.05. The molecule has 7 nitrogen and oxygen atoms in total. The fourth-order valence-corrected chi connectivity index (χ4v) is 5.05. The normalized spacial score (nSPS) is 17.7. The molecule has 3 aromatic heterocycles. The van der Waals surface area contributed by atoms with Gasteiger partial charge in [0.2, 0.25) is 5.95 Å². The van der Waals surface area contributed by atoms with Crippen LogP contribution < -0.4 is 10.1 Å². The molecule has 6 rings (SSSR count). The molecule has 0 bridgehead atoms. The minimum atomic E-state index is 0.387. The van der Waals surface area contributed by atoms with Gasteiger partial charge in [0, 0.05) is 47.8 Å². The molecule has 0 saturated heterocycles. The Kier molecular flexibility index (Phi) is 6.27. The van der Waals surface area contributed by atoms with Crippen molar-refractivity contribution in [3.63, 3.8) is 0 Å². The summed E-state index contributed by atoms with van der Waals surface area (Å²) in [6.45, 7) is 0.542. The van der Waals surface area contributed by atoms with Crippen LogP contribution in [0.1, 0.15) is 37.3 Å². The first-order valence-corrected chi connectivity index (χ1v) is 12.4. The van der Waals surface area contributed by atoms with Gasteiger partial charge < -0.3 is 14.6 Å². The van der Waals surface area contributed by atoms with Crippen molar-refractivity contribution in [1.29, 1.82) is 0 Å². The molecule has 1 N–H and O–H groups in total.